The molecule has 4 rings (SSSR count). The summed E-state index contributed by atoms with van der Waals surface area (Å²) in [5.74, 6) is -0.449. The van der Waals surface area contributed by atoms with Gasteiger partial charge in [0.15, 0.2) is 0 Å². The number of halogens is 2. The van der Waals surface area contributed by atoms with E-state index in [9.17, 15) is 8.42 Å². The lowest BCUT2D eigenvalue weighted by Gasteiger charge is -2.32. The van der Waals surface area contributed by atoms with E-state index in [0.29, 0.717) is 16.6 Å². The van der Waals surface area contributed by atoms with Gasteiger partial charge in [-0.2, -0.15) is 17.9 Å². The number of hydrazone groups is 1. The first-order valence-electron chi connectivity index (χ1n) is 10.4. The molecule has 0 aromatic heterocycles. The van der Waals surface area contributed by atoms with Crippen molar-refractivity contribution in [2.45, 2.75) is 10.8 Å². The van der Waals surface area contributed by atoms with Crippen molar-refractivity contribution in [1.29, 1.82) is 5.41 Å². The Bertz CT molecular complexity index is 1310. The van der Waals surface area contributed by atoms with E-state index in [1.165, 1.54) is 34.3 Å². The van der Waals surface area contributed by atoms with E-state index in [4.69, 9.17) is 33.7 Å². The summed E-state index contributed by atoms with van der Waals surface area (Å²) < 4.78 is 27.8. The zero-order valence-electron chi connectivity index (χ0n) is 18.6. The predicted molar refractivity (Wildman–Crippen MR) is 136 cm³/mol. The summed E-state index contributed by atoms with van der Waals surface area (Å²) in [7, 11) is -0.944. The Labute approximate surface area is 209 Å². The van der Waals surface area contributed by atoms with Crippen molar-refractivity contribution in [3.63, 3.8) is 0 Å². The van der Waals surface area contributed by atoms with Crippen molar-refractivity contribution < 1.29 is 8.42 Å². The molecule has 1 N–H and O–H groups in total. The van der Waals surface area contributed by atoms with Gasteiger partial charge in [0.1, 0.15) is 0 Å². The van der Waals surface area contributed by atoms with Crippen molar-refractivity contribution in [2.75, 3.05) is 20.6 Å². The molecule has 0 aliphatic carbocycles. The maximum atomic E-state index is 13.4. The molecular formula is C24H23Cl2N5O2S. The predicted octanol–water partition coefficient (Wildman–Crippen LogP) is 4.90. The second kappa shape index (κ2) is 9.76. The van der Waals surface area contributed by atoms with Gasteiger partial charge in [0.05, 0.1) is 17.2 Å². The van der Waals surface area contributed by atoms with E-state index >= 15 is 0 Å². The Morgan fingerprint density at radius 1 is 0.941 bits per heavy atom. The molecule has 34 heavy (non-hydrogen) atoms. The molecule has 1 atom stereocenters. The number of hydrogen-bond acceptors (Lipinski definition) is 5. The fourth-order valence-corrected chi connectivity index (χ4v) is 5.47. The first-order chi connectivity index (χ1) is 16.2. The summed E-state index contributed by atoms with van der Waals surface area (Å²) in [5, 5.41) is 17.3. The Hall–Kier alpha value is -2.91. The van der Waals surface area contributed by atoms with Crippen molar-refractivity contribution in [3.05, 3.63) is 100 Å². The largest absolute Gasteiger partial charge is 0.280 e. The van der Waals surface area contributed by atoms with Crippen LogP contribution in [-0.2, 0) is 10.0 Å². The molecule has 10 heteroatoms. The summed E-state index contributed by atoms with van der Waals surface area (Å²) in [4.78, 5) is 0.0241. The average molecular weight is 516 g/mol. The van der Waals surface area contributed by atoms with Crippen molar-refractivity contribution in [2.24, 2.45) is 5.10 Å². The van der Waals surface area contributed by atoms with Crippen LogP contribution in [-0.4, -0.2) is 55.2 Å². The third-order valence-corrected chi connectivity index (χ3v) is 7.71. The molecule has 176 valence electrons. The Kier molecular flexibility index (Phi) is 6.95. The molecule has 3 aromatic carbocycles. The number of guanidine groups is 1. The van der Waals surface area contributed by atoms with Gasteiger partial charge in [-0.25, -0.2) is 10.0 Å². The number of sulfonamides is 1. The fourth-order valence-electron chi connectivity index (χ4n) is 3.79. The zero-order chi connectivity index (χ0) is 24.5. The van der Waals surface area contributed by atoms with Crippen molar-refractivity contribution in [3.8, 4) is 0 Å². The van der Waals surface area contributed by atoms with E-state index < -0.39 is 10.0 Å². The van der Waals surface area contributed by atoms with E-state index in [1.807, 2.05) is 42.5 Å². The lowest BCUT2D eigenvalue weighted by molar-refractivity contribution is 0.184. The topological polar surface area (TPSA) is 80.1 Å². The standard InChI is InChI=1S/C24H23Cl2N5O2S/c1-29(2)31(34(32,33)21-14-12-20(26)13-15-21)24(27)30-16-22(17-6-4-3-5-7-17)23(28-30)18-8-10-19(25)11-9-18/h3-15,22,27H,16H2,1-2H3. The molecule has 1 unspecified atom stereocenters. The van der Waals surface area contributed by atoms with E-state index in [0.717, 1.165) is 21.3 Å². The minimum atomic E-state index is -4.08. The lowest BCUT2D eigenvalue weighted by Crippen LogP contribution is -2.51. The number of nitrogens with one attached hydrogen (secondary N) is 1. The highest BCUT2D eigenvalue weighted by atomic mass is 35.5. The van der Waals surface area contributed by atoms with Gasteiger partial charge in [-0.3, -0.25) is 5.41 Å². The van der Waals surface area contributed by atoms with Crippen LogP contribution in [0.25, 0.3) is 0 Å². The first kappa shape index (κ1) is 24.2. The molecule has 1 aliphatic rings. The SMILES string of the molecule is CN(C)N(C(=N)N1CC(c2ccccc2)C(c2ccc(Cl)cc2)=N1)S(=O)(=O)c1ccc(Cl)cc1. The molecule has 0 amide bonds. The number of hydrogen-bond donors (Lipinski definition) is 1. The summed E-state index contributed by atoms with van der Waals surface area (Å²) in [5.41, 5.74) is 2.60. The molecule has 0 bridgehead atoms. The third-order valence-electron chi connectivity index (χ3n) is 5.38. The van der Waals surface area contributed by atoms with Gasteiger partial charge in [-0.05, 0) is 47.5 Å². The van der Waals surface area contributed by atoms with Crippen LogP contribution in [0.5, 0.6) is 0 Å². The van der Waals surface area contributed by atoms with Gasteiger partial charge in [0, 0.05) is 30.1 Å². The number of rotatable bonds is 5. The van der Waals surface area contributed by atoms with Gasteiger partial charge in [-0.1, -0.05) is 65.7 Å². The molecule has 1 heterocycles. The Balaban J connectivity index is 1.73. The first-order valence-corrected chi connectivity index (χ1v) is 12.6. The minimum Gasteiger partial charge on any atom is -0.266 e. The fraction of sp³-hybridized carbons (Fsp3) is 0.167. The van der Waals surface area contributed by atoms with Gasteiger partial charge >= 0.3 is 0 Å². The molecule has 3 aromatic rings. The van der Waals surface area contributed by atoms with Gasteiger partial charge < -0.3 is 0 Å². The molecule has 7 nitrogen and oxygen atoms in total. The normalized spacial score (nSPS) is 16.0. The van der Waals surface area contributed by atoms with Crippen molar-refractivity contribution >= 4 is 44.9 Å². The van der Waals surface area contributed by atoms with Crippen LogP contribution >= 0.6 is 23.2 Å². The van der Waals surface area contributed by atoms with E-state index in [1.54, 1.807) is 26.2 Å². The second-order valence-electron chi connectivity index (χ2n) is 7.91. The molecule has 0 radical (unpaired) electrons. The van der Waals surface area contributed by atoms with Gasteiger partial charge in [-0.15, -0.1) is 0 Å². The molecule has 0 spiro atoms. The van der Waals surface area contributed by atoms with Crippen LogP contribution in [0.4, 0.5) is 0 Å². The highest BCUT2D eigenvalue weighted by Gasteiger charge is 2.37. The summed E-state index contributed by atoms with van der Waals surface area (Å²) in [6.07, 6.45) is 0. The van der Waals surface area contributed by atoms with Crippen LogP contribution in [0.15, 0.2) is 88.9 Å². The van der Waals surface area contributed by atoms with Crippen LogP contribution in [0.2, 0.25) is 10.0 Å². The maximum absolute atomic E-state index is 13.4. The summed E-state index contributed by atoms with van der Waals surface area (Å²) >= 11 is 12.0. The summed E-state index contributed by atoms with van der Waals surface area (Å²) in [6.45, 7) is 0.307. The van der Waals surface area contributed by atoms with E-state index in [-0.39, 0.29) is 16.8 Å². The lowest BCUT2D eigenvalue weighted by atomic mass is 9.91. The summed E-state index contributed by atoms with van der Waals surface area (Å²) in [6, 6.07) is 23.0. The number of benzene rings is 3. The van der Waals surface area contributed by atoms with Crippen LogP contribution in [0, 0.1) is 5.41 Å². The smallest absolute Gasteiger partial charge is 0.266 e. The quantitative estimate of drug-likeness (QED) is 0.297. The molecule has 0 fully saturated rings. The van der Waals surface area contributed by atoms with Gasteiger partial charge in [0.2, 0.25) is 5.96 Å². The molecule has 1 aliphatic heterocycles. The molecular weight excluding hydrogens is 493 g/mol. The van der Waals surface area contributed by atoms with Gasteiger partial charge in [0.25, 0.3) is 10.0 Å². The monoisotopic (exact) mass is 515 g/mol. The third kappa shape index (κ3) is 4.81. The van der Waals surface area contributed by atoms with Crippen LogP contribution in [0.1, 0.15) is 17.0 Å². The Morgan fingerprint density at radius 2 is 1.50 bits per heavy atom. The van der Waals surface area contributed by atoms with E-state index in [2.05, 4.69) is 0 Å². The minimum absolute atomic E-state index is 0.0241. The number of nitrogens with zero attached hydrogens (tertiary/aromatic N) is 4. The van der Waals surface area contributed by atoms with Crippen LogP contribution in [0.3, 0.4) is 0 Å². The Morgan fingerprint density at radius 3 is 2.06 bits per heavy atom. The molecule has 0 saturated heterocycles. The maximum Gasteiger partial charge on any atom is 0.280 e. The molecule has 0 saturated carbocycles. The highest BCUT2D eigenvalue weighted by Crippen LogP contribution is 2.31. The number of hydrazine groups is 1. The second-order valence-corrected chi connectivity index (χ2v) is 10.6. The highest BCUT2D eigenvalue weighted by molar-refractivity contribution is 7.89. The zero-order valence-corrected chi connectivity index (χ0v) is 20.9. The van der Waals surface area contributed by atoms with Crippen LogP contribution < -0.4 is 0 Å². The average Bonchev–Trinajstić information content (AvgIpc) is 3.26. The van der Waals surface area contributed by atoms with Crippen molar-refractivity contribution in [1.82, 2.24) is 14.4 Å².